The number of benzene rings is 1. The molecule has 0 saturated carbocycles. The molecule has 0 fully saturated rings. The summed E-state index contributed by atoms with van der Waals surface area (Å²) in [6.07, 6.45) is 5.31. The minimum atomic E-state index is -0.128. The molecule has 5 rings (SSSR count). The summed E-state index contributed by atoms with van der Waals surface area (Å²) in [5.41, 5.74) is 0.636. The van der Waals surface area contributed by atoms with Crippen molar-refractivity contribution in [2.45, 2.75) is 22.9 Å². The van der Waals surface area contributed by atoms with Crippen LogP contribution in [0.1, 0.15) is 5.69 Å². The van der Waals surface area contributed by atoms with Crippen molar-refractivity contribution >= 4 is 22.5 Å². The van der Waals surface area contributed by atoms with E-state index in [1.165, 1.54) is 4.68 Å². The fourth-order valence-electron chi connectivity index (χ4n) is 2.97. The summed E-state index contributed by atoms with van der Waals surface area (Å²) in [5.74, 6) is 0.745. The summed E-state index contributed by atoms with van der Waals surface area (Å²) in [4.78, 5) is 14.8. The van der Waals surface area contributed by atoms with E-state index in [2.05, 4.69) is 20.4 Å². The number of nitrogens with one attached hydrogen (secondary N) is 1. The average Bonchev–Trinajstić information content (AvgIpc) is 3.35. The van der Waals surface area contributed by atoms with Crippen LogP contribution in [-0.4, -0.2) is 36.4 Å². The van der Waals surface area contributed by atoms with Crippen molar-refractivity contribution in [3.05, 3.63) is 58.9 Å². The van der Waals surface area contributed by atoms with Gasteiger partial charge in [0.1, 0.15) is 6.61 Å². The SMILES string of the molecule is O=c1c2ccc(Sc3cn[nH]c3)cc2cnn1Cc1cc2n(n1)CCO2. The molecule has 3 aromatic heterocycles. The van der Waals surface area contributed by atoms with Crippen LogP contribution in [0.5, 0.6) is 5.88 Å². The number of rotatable bonds is 4. The molecule has 1 aliphatic heterocycles. The molecule has 1 aliphatic rings. The van der Waals surface area contributed by atoms with Gasteiger partial charge >= 0.3 is 0 Å². The summed E-state index contributed by atoms with van der Waals surface area (Å²) < 4.78 is 8.70. The summed E-state index contributed by atoms with van der Waals surface area (Å²) in [6, 6.07) is 7.60. The molecule has 0 amide bonds. The number of nitrogens with zero attached hydrogens (tertiary/aromatic N) is 5. The van der Waals surface area contributed by atoms with Gasteiger partial charge in [0.25, 0.3) is 5.56 Å². The Kier molecular flexibility index (Phi) is 3.52. The van der Waals surface area contributed by atoms with Gasteiger partial charge in [0.15, 0.2) is 0 Å². The highest BCUT2D eigenvalue weighted by atomic mass is 32.2. The van der Waals surface area contributed by atoms with Crippen molar-refractivity contribution < 1.29 is 4.74 Å². The lowest BCUT2D eigenvalue weighted by Crippen LogP contribution is -2.23. The number of fused-ring (bicyclic) bond motifs is 2. The van der Waals surface area contributed by atoms with E-state index in [1.807, 2.05) is 30.5 Å². The van der Waals surface area contributed by atoms with Crippen LogP contribution in [0.2, 0.25) is 0 Å². The minimum Gasteiger partial charge on any atom is -0.476 e. The third kappa shape index (κ3) is 2.66. The second kappa shape index (κ2) is 6.03. The van der Waals surface area contributed by atoms with Crippen molar-refractivity contribution in [3.63, 3.8) is 0 Å². The topological polar surface area (TPSA) is 90.6 Å². The molecule has 0 unspecified atom stereocenters. The Hall–Kier alpha value is -3.07. The molecule has 0 atom stereocenters. The van der Waals surface area contributed by atoms with Crippen LogP contribution in [0.3, 0.4) is 0 Å². The molecule has 8 nitrogen and oxygen atoms in total. The van der Waals surface area contributed by atoms with E-state index < -0.39 is 0 Å². The second-order valence-corrected chi connectivity index (χ2v) is 7.08. The molecule has 4 heterocycles. The summed E-state index contributed by atoms with van der Waals surface area (Å²) in [7, 11) is 0. The predicted molar refractivity (Wildman–Crippen MR) is 95.5 cm³/mol. The van der Waals surface area contributed by atoms with Gasteiger partial charge in [-0.1, -0.05) is 11.8 Å². The molecule has 0 spiro atoms. The molecule has 0 saturated heterocycles. The van der Waals surface area contributed by atoms with Crippen LogP contribution < -0.4 is 10.3 Å². The van der Waals surface area contributed by atoms with Crippen LogP contribution in [0, 0.1) is 0 Å². The Balaban J connectivity index is 1.45. The van der Waals surface area contributed by atoms with Crippen molar-refractivity contribution in [1.82, 2.24) is 29.8 Å². The molecular formula is C17H14N6O2S. The lowest BCUT2D eigenvalue weighted by Gasteiger charge is -2.06. The molecule has 9 heteroatoms. The minimum absolute atomic E-state index is 0.128. The molecule has 1 N–H and O–H groups in total. The maximum absolute atomic E-state index is 12.7. The summed E-state index contributed by atoms with van der Waals surface area (Å²) in [6.45, 7) is 1.71. The van der Waals surface area contributed by atoms with Gasteiger partial charge in [0.2, 0.25) is 5.88 Å². The number of aromatic nitrogens is 6. The van der Waals surface area contributed by atoms with Crippen LogP contribution >= 0.6 is 11.8 Å². The summed E-state index contributed by atoms with van der Waals surface area (Å²) >= 11 is 1.58. The smallest absolute Gasteiger partial charge is 0.274 e. The Morgan fingerprint density at radius 2 is 2.19 bits per heavy atom. The third-order valence-corrected chi connectivity index (χ3v) is 5.14. The van der Waals surface area contributed by atoms with Crippen molar-refractivity contribution in [1.29, 1.82) is 0 Å². The Labute approximate surface area is 151 Å². The van der Waals surface area contributed by atoms with Crippen molar-refractivity contribution in [2.24, 2.45) is 0 Å². The highest BCUT2D eigenvalue weighted by Crippen LogP contribution is 2.28. The lowest BCUT2D eigenvalue weighted by molar-refractivity contribution is 0.356. The molecule has 0 radical (unpaired) electrons. The van der Waals surface area contributed by atoms with Crippen molar-refractivity contribution in [2.75, 3.05) is 6.61 Å². The zero-order valence-corrected chi connectivity index (χ0v) is 14.4. The van der Waals surface area contributed by atoms with Gasteiger partial charge in [0, 0.05) is 27.4 Å². The summed E-state index contributed by atoms with van der Waals surface area (Å²) in [5, 5.41) is 16.9. The Bertz CT molecular complexity index is 1130. The van der Waals surface area contributed by atoms with Gasteiger partial charge < -0.3 is 4.74 Å². The van der Waals surface area contributed by atoms with E-state index in [0.717, 1.165) is 33.3 Å². The predicted octanol–water partition coefficient (Wildman–Crippen LogP) is 1.91. The third-order valence-electron chi connectivity index (χ3n) is 4.19. The largest absolute Gasteiger partial charge is 0.476 e. The maximum Gasteiger partial charge on any atom is 0.274 e. The van der Waals surface area contributed by atoms with Gasteiger partial charge in [0.05, 0.1) is 36.6 Å². The zero-order valence-electron chi connectivity index (χ0n) is 13.6. The number of ether oxygens (including phenoxy) is 1. The fourth-order valence-corrected chi connectivity index (χ4v) is 3.78. The number of H-pyrrole nitrogens is 1. The first-order valence-electron chi connectivity index (χ1n) is 8.12. The Morgan fingerprint density at radius 3 is 3.04 bits per heavy atom. The van der Waals surface area contributed by atoms with Gasteiger partial charge in [-0.3, -0.25) is 9.89 Å². The van der Waals surface area contributed by atoms with E-state index in [0.29, 0.717) is 18.5 Å². The van der Waals surface area contributed by atoms with Crippen LogP contribution in [-0.2, 0) is 13.1 Å². The highest BCUT2D eigenvalue weighted by Gasteiger charge is 2.16. The highest BCUT2D eigenvalue weighted by molar-refractivity contribution is 7.99. The van der Waals surface area contributed by atoms with Crippen LogP contribution in [0.4, 0.5) is 0 Å². The van der Waals surface area contributed by atoms with E-state index in [-0.39, 0.29) is 5.56 Å². The van der Waals surface area contributed by atoms with E-state index in [4.69, 9.17) is 4.74 Å². The molecular weight excluding hydrogens is 352 g/mol. The zero-order chi connectivity index (χ0) is 17.5. The number of aromatic amines is 1. The number of hydrogen-bond acceptors (Lipinski definition) is 6. The molecule has 4 aromatic rings. The second-order valence-electron chi connectivity index (χ2n) is 5.94. The van der Waals surface area contributed by atoms with Crippen LogP contribution in [0.15, 0.2) is 57.4 Å². The van der Waals surface area contributed by atoms with E-state index >= 15 is 0 Å². The number of hydrogen-bond donors (Lipinski definition) is 1. The monoisotopic (exact) mass is 366 g/mol. The van der Waals surface area contributed by atoms with Gasteiger partial charge in [-0.25, -0.2) is 9.36 Å². The van der Waals surface area contributed by atoms with Crippen molar-refractivity contribution in [3.8, 4) is 5.88 Å². The van der Waals surface area contributed by atoms with Gasteiger partial charge in [-0.2, -0.15) is 15.3 Å². The normalized spacial score (nSPS) is 13.1. The molecule has 1 aromatic carbocycles. The quantitative estimate of drug-likeness (QED) is 0.593. The molecule has 0 aliphatic carbocycles. The van der Waals surface area contributed by atoms with Gasteiger partial charge in [-0.15, -0.1) is 0 Å². The Morgan fingerprint density at radius 1 is 1.23 bits per heavy atom. The lowest BCUT2D eigenvalue weighted by atomic mass is 10.2. The van der Waals surface area contributed by atoms with Crippen LogP contribution in [0.25, 0.3) is 10.8 Å². The first kappa shape index (κ1) is 15.2. The maximum atomic E-state index is 12.7. The fraction of sp³-hybridized carbons (Fsp3) is 0.176. The van der Waals surface area contributed by atoms with E-state index in [9.17, 15) is 4.79 Å². The average molecular weight is 366 g/mol. The molecule has 26 heavy (non-hydrogen) atoms. The van der Waals surface area contributed by atoms with Gasteiger partial charge in [-0.05, 0) is 18.2 Å². The molecule has 130 valence electrons. The standard InChI is InChI=1S/C17H14N6O2S/c24-17-15-2-1-13(26-14-8-18-19-9-14)5-11(15)7-20-23(17)10-12-6-16-22(21-12)3-4-25-16/h1-2,5-9H,3-4,10H2,(H,18,19). The molecule has 0 bridgehead atoms. The van der Waals surface area contributed by atoms with E-state index in [1.54, 1.807) is 28.8 Å². The first-order chi connectivity index (χ1) is 12.8. The first-order valence-corrected chi connectivity index (χ1v) is 8.94.